The molecule has 0 aliphatic carbocycles. The van der Waals surface area contributed by atoms with Crippen LogP contribution < -0.4 is 10.2 Å². The Morgan fingerprint density at radius 3 is 2.26 bits per heavy atom. The van der Waals surface area contributed by atoms with Gasteiger partial charge in [-0.1, -0.05) is 23.9 Å². The summed E-state index contributed by atoms with van der Waals surface area (Å²) in [5.41, 5.74) is 0.483. The maximum Gasteiger partial charge on any atom is 0.382 e. The fourth-order valence-corrected chi connectivity index (χ4v) is 4.86. The second-order valence-electron chi connectivity index (χ2n) is 5.34. The third kappa shape index (κ3) is 4.73. The number of aromatic nitrogens is 2. The molecule has 0 amide bonds. The van der Waals surface area contributed by atoms with Gasteiger partial charge in [0.2, 0.25) is 0 Å². The van der Waals surface area contributed by atoms with Crippen LogP contribution in [0.4, 0.5) is 0 Å². The number of imidazole rings is 1. The second-order valence-corrected chi connectivity index (χ2v) is 8.05. The Morgan fingerprint density at radius 2 is 1.81 bits per heavy atom. The number of carboxylic acid groups (broad SMARTS) is 1. The van der Waals surface area contributed by atoms with Crippen LogP contribution in [-0.2, 0) is 20.2 Å². The highest BCUT2D eigenvalue weighted by Crippen LogP contribution is 2.48. The summed E-state index contributed by atoms with van der Waals surface area (Å²) in [6.45, 7) is 3.78. The van der Waals surface area contributed by atoms with Crippen LogP contribution in [0.1, 0.15) is 29.9 Å². The highest BCUT2D eigenvalue weighted by atomic mass is 32.2. The molecule has 0 bridgehead atoms. The van der Waals surface area contributed by atoms with Crippen molar-refractivity contribution in [3.8, 4) is 5.75 Å². The zero-order valence-corrected chi connectivity index (χ0v) is 17.4. The molecule has 0 atom stereocenters. The van der Waals surface area contributed by atoms with E-state index in [9.17, 15) is 14.5 Å². The normalized spacial score (nSPS) is 11.6. The first-order valence-electron chi connectivity index (χ1n) is 8.30. The molecule has 148 valence electrons. The van der Waals surface area contributed by atoms with Crippen LogP contribution in [0.3, 0.4) is 0 Å². The van der Waals surface area contributed by atoms with Crippen LogP contribution in [0.15, 0.2) is 29.4 Å². The van der Waals surface area contributed by atoms with Crippen molar-refractivity contribution in [2.45, 2.75) is 25.5 Å². The molecule has 1 aromatic heterocycles. The molecule has 0 fully saturated rings. The lowest BCUT2D eigenvalue weighted by Gasteiger charge is -2.16. The zero-order chi connectivity index (χ0) is 20.0. The standard InChI is InChI=1S/C17H23N2O6PS/c1-5-24-26(22,25-6-2)15-14(16(20)21)19(17(18-15)27-4)11-12-7-9-13(23-3)10-8-12/h7-10H,5-6,11H2,1-4H3,(H,20,21). The van der Waals surface area contributed by atoms with Crippen LogP contribution >= 0.6 is 19.4 Å². The van der Waals surface area contributed by atoms with Crippen LogP contribution in [0.2, 0.25) is 0 Å². The lowest BCUT2D eigenvalue weighted by Crippen LogP contribution is -2.22. The third-order valence-electron chi connectivity index (χ3n) is 3.66. The van der Waals surface area contributed by atoms with Gasteiger partial charge in [-0.25, -0.2) is 9.78 Å². The third-order valence-corrected chi connectivity index (χ3v) is 6.36. The van der Waals surface area contributed by atoms with Crippen molar-refractivity contribution in [2.75, 3.05) is 26.6 Å². The maximum atomic E-state index is 13.1. The molecule has 10 heteroatoms. The highest BCUT2D eigenvalue weighted by Gasteiger charge is 2.38. The average Bonchev–Trinajstić information content (AvgIpc) is 3.02. The van der Waals surface area contributed by atoms with Crippen LogP contribution in [0.5, 0.6) is 5.75 Å². The minimum atomic E-state index is -3.85. The Balaban J connectivity index is 2.57. The van der Waals surface area contributed by atoms with Gasteiger partial charge in [-0.3, -0.25) is 4.57 Å². The van der Waals surface area contributed by atoms with Gasteiger partial charge in [-0.05, 0) is 37.8 Å². The van der Waals surface area contributed by atoms with E-state index in [-0.39, 0.29) is 30.9 Å². The number of hydrogen-bond acceptors (Lipinski definition) is 7. The van der Waals surface area contributed by atoms with Gasteiger partial charge < -0.3 is 23.5 Å². The molecule has 1 aromatic carbocycles. The van der Waals surface area contributed by atoms with Gasteiger partial charge in [0, 0.05) is 0 Å². The van der Waals surface area contributed by atoms with Crippen molar-refractivity contribution in [3.63, 3.8) is 0 Å². The Labute approximate surface area is 162 Å². The number of methoxy groups -OCH3 is 1. The van der Waals surface area contributed by atoms with E-state index < -0.39 is 13.6 Å². The van der Waals surface area contributed by atoms with E-state index in [1.54, 1.807) is 39.3 Å². The molecular weight excluding hydrogens is 391 g/mol. The summed E-state index contributed by atoms with van der Waals surface area (Å²) in [6, 6.07) is 7.24. The topological polar surface area (TPSA) is 99.9 Å². The predicted octanol–water partition coefficient (Wildman–Crippen LogP) is 3.25. The Morgan fingerprint density at radius 1 is 1.22 bits per heavy atom. The molecule has 0 saturated carbocycles. The Bertz CT molecular complexity index is 827. The lowest BCUT2D eigenvalue weighted by molar-refractivity contribution is 0.0685. The van der Waals surface area contributed by atoms with Crippen molar-refractivity contribution in [1.82, 2.24) is 9.55 Å². The molecular formula is C17H23N2O6PS. The predicted molar refractivity (Wildman–Crippen MR) is 104 cm³/mol. The van der Waals surface area contributed by atoms with Gasteiger partial charge >= 0.3 is 13.6 Å². The molecule has 2 rings (SSSR count). The quantitative estimate of drug-likeness (QED) is 0.467. The monoisotopic (exact) mass is 414 g/mol. The Kier molecular flexibility index (Phi) is 7.49. The summed E-state index contributed by atoms with van der Waals surface area (Å²) in [4.78, 5) is 16.3. The SMILES string of the molecule is CCOP(=O)(OCC)c1nc(SC)n(Cc2ccc(OC)cc2)c1C(=O)O. The van der Waals surface area contributed by atoms with E-state index in [1.807, 2.05) is 12.1 Å². The van der Waals surface area contributed by atoms with Gasteiger partial charge in [0.05, 0.1) is 26.9 Å². The van der Waals surface area contributed by atoms with Gasteiger partial charge in [0.25, 0.3) is 0 Å². The number of carboxylic acids is 1. The maximum absolute atomic E-state index is 13.1. The summed E-state index contributed by atoms with van der Waals surface area (Å²) >= 11 is 1.26. The number of rotatable bonds is 10. The molecule has 0 saturated heterocycles. The summed E-state index contributed by atoms with van der Waals surface area (Å²) < 4.78 is 30.4. The van der Waals surface area contributed by atoms with Crippen molar-refractivity contribution < 1.29 is 28.3 Å². The summed E-state index contributed by atoms with van der Waals surface area (Å²) in [7, 11) is -2.27. The molecule has 8 nitrogen and oxygen atoms in total. The van der Waals surface area contributed by atoms with E-state index in [0.717, 1.165) is 5.56 Å². The largest absolute Gasteiger partial charge is 0.497 e. The summed E-state index contributed by atoms with van der Waals surface area (Å²) in [5, 5.41) is 10.2. The van der Waals surface area contributed by atoms with Crippen LogP contribution in [0.25, 0.3) is 0 Å². The molecule has 0 spiro atoms. The van der Waals surface area contributed by atoms with E-state index in [4.69, 9.17) is 13.8 Å². The first-order valence-corrected chi connectivity index (χ1v) is 11.1. The van der Waals surface area contributed by atoms with E-state index in [1.165, 1.54) is 16.3 Å². The average molecular weight is 414 g/mol. The molecule has 27 heavy (non-hydrogen) atoms. The Hall–Kier alpha value is -1.80. The van der Waals surface area contributed by atoms with Gasteiger partial charge in [-0.15, -0.1) is 0 Å². The fraction of sp³-hybridized carbons (Fsp3) is 0.412. The van der Waals surface area contributed by atoms with Crippen LogP contribution in [-0.4, -0.2) is 47.2 Å². The van der Waals surface area contributed by atoms with Gasteiger partial charge in [0.1, 0.15) is 5.75 Å². The van der Waals surface area contributed by atoms with E-state index in [0.29, 0.717) is 10.9 Å². The number of hydrogen-bond donors (Lipinski definition) is 1. The molecule has 1 N–H and O–H groups in total. The second kappa shape index (κ2) is 9.41. The number of aromatic carboxylic acids is 1. The number of thioether (sulfide) groups is 1. The van der Waals surface area contributed by atoms with Crippen molar-refractivity contribution in [1.29, 1.82) is 0 Å². The molecule has 1 heterocycles. The molecule has 2 aromatic rings. The smallest absolute Gasteiger partial charge is 0.382 e. The first kappa shape index (κ1) is 21.5. The van der Waals surface area contributed by atoms with Gasteiger partial charge in [-0.2, -0.15) is 0 Å². The number of ether oxygens (including phenoxy) is 1. The number of nitrogens with zero attached hydrogens (tertiary/aromatic N) is 2. The lowest BCUT2D eigenvalue weighted by atomic mass is 10.2. The fourth-order valence-electron chi connectivity index (χ4n) is 2.54. The van der Waals surface area contributed by atoms with Crippen molar-refractivity contribution in [2.24, 2.45) is 0 Å². The minimum Gasteiger partial charge on any atom is -0.497 e. The molecule has 0 aliphatic heterocycles. The molecule has 0 radical (unpaired) electrons. The van der Waals surface area contributed by atoms with E-state index in [2.05, 4.69) is 4.98 Å². The zero-order valence-electron chi connectivity index (χ0n) is 15.7. The molecule has 0 unspecified atom stereocenters. The first-order chi connectivity index (χ1) is 12.9. The summed E-state index contributed by atoms with van der Waals surface area (Å²) in [5.74, 6) is -0.545. The van der Waals surface area contributed by atoms with Gasteiger partial charge in [0.15, 0.2) is 16.3 Å². The highest BCUT2D eigenvalue weighted by molar-refractivity contribution is 7.98. The number of carbonyl (C=O) groups is 1. The van der Waals surface area contributed by atoms with Crippen molar-refractivity contribution in [3.05, 3.63) is 35.5 Å². The number of benzene rings is 1. The minimum absolute atomic E-state index is 0.107. The van der Waals surface area contributed by atoms with Crippen LogP contribution in [0, 0.1) is 0 Å². The van der Waals surface area contributed by atoms with Crippen molar-refractivity contribution >= 4 is 30.8 Å². The van der Waals surface area contributed by atoms with E-state index >= 15 is 0 Å². The molecule has 0 aliphatic rings. The summed E-state index contributed by atoms with van der Waals surface area (Å²) in [6.07, 6.45) is 1.77.